The molecule has 0 spiro atoms. The van der Waals surface area contributed by atoms with E-state index in [-0.39, 0.29) is 18.3 Å². The van der Waals surface area contributed by atoms with Gasteiger partial charge in [-0.2, -0.15) is 0 Å². The molecule has 1 fully saturated rings. The summed E-state index contributed by atoms with van der Waals surface area (Å²) in [4.78, 5) is 21.2. The Morgan fingerprint density at radius 1 is 1.15 bits per heavy atom. The number of hydrogen-bond acceptors (Lipinski definition) is 5. The number of rotatable bonds is 4. The van der Waals surface area contributed by atoms with Gasteiger partial charge in [0.15, 0.2) is 11.7 Å². The van der Waals surface area contributed by atoms with E-state index in [9.17, 15) is 9.18 Å². The summed E-state index contributed by atoms with van der Waals surface area (Å²) in [5.41, 5.74) is 2.24. The lowest BCUT2D eigenvalue weighted by atomic mass is 10.2. The maximum atomic E-state index is 12.9. The molecule has 1 aliphatic heterocycles. The smallest absolute Gasteiger partial charge is 0.260 e. The van der Waals surface area contributed by atoms with Crippen LogP contribution in [0.3, 0.4) is 0 Å². The van der Waals surface area contributed by atoms with Crippen molar-refractivity contribution in [3.05, 3.63) is 53.8 Å². The molecule has 27 heavy (non-hydrogen) atoms. The first-order chi connectivity index (χ1) is 13.1. The third-order valence-electron chi connectivity index (χ3n) is 4.69. The number of hydrogen-bond donors (Lipinski definition) is 0. The average molecular weight is 385 g/mol. The first kappa shape index (κ1) is 17.7. The molecule has 4 rings (SSSR count). The molecule has 0 aliphatic carbocycles. The Kier molecular flexibility index (Phi) is 4.94. The maximum absolute atomic E-state index is 12.9. The van der Waals surface area contributed by atoms with Crippen molar-refractivity contribution in [3.8, 4) is 5.75 Å². The summed E-state index contributed by atoms with van der Waals surface area (Å²) in [5.74, 6) is 0.113. The first-order valence-corrected chi connectivity index (χ1v) is 9.69. The van der Waals surface area contributed by atoms with Crippen LogP contribution in [0.15, 0.2) is 42.5 Å². The molecule has 1 aliphatic rings. The van der Waals surface area contributed by atoms with Crippen LogP contribution in [0.2, 0.25) is 0 Å². The van der Waals surface area contributed by atoms with Crippen molar-refractivity contribution in [2.24, 2.45) is 0 Å². The van der Waals surface area contributed by atoms with Crippen molar-refractivity contribution < 1.29 is 13.9 Å². The van der Waals surface area contributed by atoms with Gasteiger partial charge in [0.1, 0.15) is 11.6 Å². The van der Waals surface area contributed by atoms with Gasteiger partial charge in [-0.25, -0.2) is 9.37 Å². The Morgan fingerprint density at radius 2 is 1.89 bits per heavy atom. The normalized spacial score (nSPS) is 14.6. The molecule has 0 saturated carbocycles. The molecule has 2 aromatic carbocycles. The number of thiazole rings is 1. The third kappa shape index (κ3) is 3.88. The minimum absolute atomic E-state index is 0.0357. The number of para-hydroxylation sites is 1. The molecule has 0 bridgehead atoms. The van der Waals surface area contributed by atoms with E-state index < -0.39 is 0 Å². The molecule has 7 heteroatoms. The minimum atomic E-state index is -0.324. The molecule has 0 radical (unpaired) electrons. The number of fused-ring (bicyclic) bond motifs is 1. The Labute approximate surface area is 161 Å². The molecule has 1 saturated heterocycles. The van der Waals surface area contributed by atoms with Crippen molar-refractivity contribution in [1.29, 1.82) is 0 Å². The largest absolute Gasteiger partial charge is 0.484 e. The number of carbonyl (C=O) groups is 1. The number of benzene rings is 2. The highest BCUT2D eigenvalue weighted by Gasteiger charge is 2.23. The second kappa shape index (κ2) is 7.52. The van der Waals surface area contributed by atoms with Crippen LogP contribution in [0.1, 0.15) is 5.56 Å². The van der Waals surface area contributed by atoms with Crippen LogP contribution in [0.25, 0.3) is 10.2 Å². The predicted molar refractivity (Wildman–Crippen MR) is 105 cm³/mol. The van der Waals surface area contributed by atoms with Crippen molar-refractivity contribution in [2.45, 2.75) is 6.92 Å². The molecule has 0 unspecified atom stereocenters. The Hall–Kier alpha value is -2.67. The van der Waals surface area contributed by atoms with Gasteiger partial charge in [0.2, 0.25) is 0 Å². The van der Waals surface area contributed by atoms with Crippen LogP contribution in [0, 0.1) is 12.7 Å². The van der Waals surface area contributed by atoms with Crippen LogP contribution >= 0.6 is 11.3 Å². The van der Waals surface area contributed by atoms with Crippen LogP contribution < -0.4 is 9.64 Å². The van der Waals surface area contributed by atoms with Crippen molar-refractivity contribution in [2.75, 3.05) is 37.7 Å². The summed E-state index contributed by atoms with van der Waals surface area (Å²) >= 11 is 1.69. The van der Waals surface area contributed by atoms with Gasteiger partial charge in [-0.15, -0.1) is 0 Å². The highest BCUT2D eigenvalue weighted by atomic mass is 32.1. The van der Waals surface area contributed by atoms with Gasteiger partial charge in [-0.1, -0.05) is 23.5 Å². The summed E-state index contributed by atoms with van der Waals surface area (Å²) < 4.78 is 19.6. The third-order valence-corrected chi connectivity index (χ3v) is 5.77. The predicted octanol–water partition coefficient (Wildman–Crippen LogP) is 3.47. The number of aromatic nitrogens is 1. The average Bonchev–Trinajstić information content (AvgIpc) is 3.13. The minimum Gasteiger partial charge on any atom is -0.484 e. The van der Waals surface area contributed by atoms with E-state index in [4.69, 9.17) is 9.72 Å². The number of nitrogens with zero attached hydrogens (tertiary/aromatic N) is 3. The zero-order valence-corrected chi connectivity index (χ0v) is 15.8. The summed E-state index contributed by atoms with van der Waals surface area (Å²) in [7, 11) is 0. The van der Waals surface area contributed by atoms with Gasteiger partial charge < -0.3 is 14.5 Å². The Bertz CT molecular complexity index is 950. The zero-order valence-electron chi connectivity index (χ0n) is 15.0. The van der Waals surface area contributed by atoms with Crippen molar-refractivity contribution in [1.82, 2.24) is 9.88 Å². The first-order valence-electron chi connectivity index (χ1n) is 8.87. The highest BCUT2D eigenvalue weighted by Crippen LogP contribution is 2.31. The number of aryl methyl sites for hydroxylation is 1. The van der Waals surface area contributed by atoms with Gasteiger partial charge in [0.25, 0.3) is 5.91 Å². The fraction of sp³-hybridized carbons (Fsp3) is 0.300. The Balaban J connectivity index is 1.33. The number of ether oxygens (including phenoxy) is 1. The molecule has 0 atom stereocenters. The highest BCUT2D eigenvalue weighted by molar-refractivity contribution is 7.22. The van der Waals surface area contributed by atoms with Gasteiger partial charge in [-0.05, 0) is 42.8 Å². The van der Waals surface area contributed by atoms with Crippen LogP contribution in [0.4, 0.5) is 9.52 Å². The number of halogens is 1. The number of anilines is 1. The lowest BCUT2D eigenvalue weighted by molar-refractivity contribution is -0.133. The molecule has 1 amide bonds. The zero-order chi connectivity index (χ0) is 18.8. The molecular weight excluding hydrogens is 365 g/mol. The van der Waals surface area contributed by atoms with E-state index in [1.807, 2.05) is 0 Å². The molecule has 1 aromatic heterocycles. The second-order valence-corrected chi connectivity index (χ2v) is 7.54. The van der Waals surface area contributed by atoms with Crippen LogP contribution in [0.5, 0.6) is 5.75 Å². The van der Waals surface area contributed by atoms with Gasteiger partial charge >= 0.3 is 0 Å². The SMILES string of the molecule is Cc1cccc2sc(N3CCN(C(=O)COc4ccc(F)cc4)CC3)nc12. The van der Waals surface area contributed by atoms with E-state index in [2.05, 4.69) is 30.0 Å². The van der Waals surface area contributed by atoms with Crippen molar-refractivity contribution >= 4 is 32.6 Å². The summed E-state index contributed by atoms with van der Waals surface area (Å²) in [6.07, 6.45) is 0. The number of carbonyl (C=O) groups excluding carboxylic acids is 1. The number of piperazine rings is 1. The molecule has 3 aromatic rings. The van der Waals surface area contributed by atoms with Gasteiger partial charge in [-0.3, -0.25) is 4.79 Å². The standard InChI is InChI=1S/C20H20FN3O2S/c1-14-3-2-4-17-19(14)22-20(27-17)24-11-9-23(10-12-24)18(25)13-26-16-7-5-15(21)6-8-16/h2-8H,9-13H2,1H3. The number of amides is 1. The van der Waals surface area contributed by atoms with Gasteiger partial charge in [0.05, 0.1) is 10.2 Å². The maximum Gasteiger partial charge on any atom is 0.260 e. The Morgan fingerprint density at radius 3 is 2.59 bits per heavy atom. The van der Waals surface area contributed by atoms with Crippen LogP contribution in [-0.2, 0) is 4.79 Å². The van der Waals surface area contributed by atoms with E-state index in [1.54, 1.807) is 16.2 Å². The molecule has 0 N–H and O–H groups in total. The molecular formula is C20H20FN3O2S. The summed E-state index contributed by atoms with van der Waals surface area (Å²) in [6, 6.07) is 11.9. The van der Waals surface area contributed by atoms with E-state index in [1.165, 1.54) is 34.5 Å². The van der Waals surface area contributed by atoms with Crippen LogP contribution in [-0.4, -0.2) is 48.6 Å². The van der Waals surface area contributed by atoms with E-state index >= 15 is 0 Å². The van der Waals surface area contributed by atoms with E-state index in [0.717, 1.165) is 23.7 Å². The summed E-state index contributed by atoms with van der Waals surface area (Å²) in [5, 5.41) is 1.01. The van der Waals surface area contributed by atoms with Gasteiger partial charge in [0, 0.05) is 26.2 Å². The monoisotopic (exact) mass is 385 g/mol. The second-order valence-electron chi connectivity index (χ2n) is 6.53. The van der Waals surface area contributed by atoms with Crippen molar-refractivity contribution in [3.63, 3.8) is 0 Å². The molecule has 2 heterocycles. The lowest BCUT2D eigenvalue weighted by Gasteiger charge is -2.34. The molecule has 140 valence electrons. The quantitative estimate of drug-likeness (QED) is 0.690. The summed E-state index contributed by atoms with van der Waals surface area (Å²) in [6.45, 7) is 4.82. The van der Waals surface area contributed by atoms with E-state index in [0.29, 0.717) is 18.8 Å². The molecule has 5 nitrogen and oxygen atoms in total. The topological polar surface area (TPSA) is 45.7 Å². The fourth-order valence-corrected chi connectivity index (χ4v) is 4.22. The fourth-order valence-electron chi connectivity index (χ4n) is 3.12. The lowest BCUT2D eigenvalue weighted by Crippen LogP contribution is -2.50.